The van der Waals surface area contributed by atoms with E-state index in [-0.39, 0.29) is 23.1 Å². The number of anilines is 1. The number of nitrogen functional groups attached to an aromatic ring is 1. The molecule has 18 heavy (non-hydrogen) atoms. The number of halogens is 1. The van der Waals surface area contributed by atoms with Gasteiger partial charge in [0.15, 0.2) is 0 Å². The first-order valence-electron chi connectivity index (χ1n) is 4.90. The molecular formula is C11H8FN3O3. The highest BCUT2D eigenvalue weighted by Gasteiger charge is 2.17. The maximum absolute atomic E-state index is 13.0. The van der Waals surface area contributed by atoms with E-state index in [0.29, 0.717) is 0 Å². The summed E-state index contributed by atoms with van der Waals surface area (Å²) in [6, 6.07) is 7.50. The van der Waals surface area contributed by atoms with Crippen LogP contribution in [0.4, 0.5) is 15.9 Å². The largest absolute Gasteiger partial charge is 0.432 e. The number of nitrogens with zero attached hydrogens (tertiary/aromatic N) is 2. The average Bonchev–Trinajstić information content (AvgIpc) is 2.28. The number of pyridine rings is 1. The zero-order chi connectivity index (χ0) is 13.1. The van der Waals surface area contributed by atoms with Crippen molar-refractivity contribution in [1.29, 1.82) is 0 Å². The number of aromatic nitrogens is 1. The van der Waals surface area contributed by atoms with Gasteiger partial charge in [-0.1, -0.05) is 6.07 Å². The minimum absolute atomic E-state index is 0.0590. The van der Waals surface area contributed by atoms with Crippen LogP contribution in [0.2, 0.25) is 0 Å². The quantitative estimate of drug-likeness (QED) is 0.666. The maximum Gasteiger partial charge on any atom is 0.311 e. The Morgan fingerprint density at radius 2 is 2.11 bits per heavy atom. The lowest BCUT2D eigenvalue weighted by atomic mass is 10.3. The molecule has 0 bridgehead atoms. The molecule has 2 aromatic rings. The normalized spacial score (nSPS) is 10.1. The van der Waals surface area contributed by atoms with Crippen LogP contribution in [0.3, 0.4) is 0 Å². The first-order valence-corrected chi connectivity index (χ1v) is 4.90. The molecule has 2 N–H and O–H groups in total. The van der Waals surface area contributed by atoms with E-state index in [4.69, 9.17) is 10.5 Å². The lowest BCUT2D eigenvalue weighted by Crippen LogP contribution is -1.97. The fourth-order valence-corrected chi connectivity index (χ4v) is 1.32. The lowest BCUT2D eigenvalue weighted by Gasteiger charge is -2.05. The third-order valence-electron chi connectivity index (χ3n) is 2.08. The molecule has 0 spiro atoms. The van der Waals surface area contributed by atoms with Gasteiger partial charge in [0.05, 0.1) is 4.92 Å². The van der Waals surface area contributed by atoms with Crippen LogP contribution in [0, 0.1) is 15.9 Å². The maximum atomic E-state index is 13.0. The Kier molecular flexibility index (Phi) is 3.05. The van der Waals surface area contributed by atoms with Crippen LogP contribution >= 0.6 is 0 Å². The second kappa shape index (κ2) is 4.66. The first kappa shape index (κ1) is 11.8. The van der Waals surface area contributed by atoms with E-state index >= 15 is 0 Å². The van der Waals surface area contributed by atoms with Gasteiger partial charge in [-0.3, -0.25) is 10.1 Å². The molecule has 0 aliphatic heterocycles. The van der Waals surface area contributed by atoms with Crippen LogP contribution in [-0.4, -0.2) is 9.91 Å². The van der Waals surface area contributed by atoms with Crippen LogP contribution in [0.1, 0.15) is 0 Å². The fraction of sp³-hybridized carbons (Fsp3) is 0. The third-order valence-corrected chi connectivity index (χ3v) is 2.08. The molecule has 1 aromatic carbocycles. The van der Waals surface area contributed by atoms with Crippen LogP contribution in [0.5, 0.6) is 11.6 Å². The van der Waals surface area contributed by atoms with E-state index < -0.39 is 10.7 Å². The minimum Gasteiger partial charge on any atom is -0.432 e. The smallest absolute Gasteiger partial charge is 0.311 e. The highest BCUT2D eigenvalue weighted by molar-refractivity contribution is 5.48. The second-order valence-corrected chi connectivity index (χ2v) is 3.37. The molecule has 0 aliphatic rings. The van der Waals surface area contributed by atoms with Crippen molar-refractivity contribution in [3.05, 3.63) is 52.3 Å². The summed E-state index contributed by atoms with van der Waals surface area (Å²) < 4.78 is 18.2. The van der Waals surface area contributed by atoms with Gasteiger partial charge in [0, 0.05) is 18.2 Å². The van der Waals surface area contributed by atoms with E-state index in [1.54, 1.807) is 6.07 Å². The van der Waals surface area contributed by atoms with Gasteiger partial charge < -0.3 is 10.5 Å². The molecule has 0 amide bonds. The molecule has 0 aliphatic carbocycles. The summed E-state index contributed by atoms with van der Waals surface area (Å²) in [7, 11) is 0. The van der Waals surface area contributed by atoms with E-state index in [9.17, 15) is 14.5 Å². The van der Waals surface area contributed by atoms with Crippen LogP contribution < -0.4 is 10.5 Å². The molecule has 1 heterocycles. The number of hydrogen-bond acceptors (Lipinski definition) is 5. The summed E-state index contributed by atoms with van der Waals surface area (Å²) >= 11 is 0. The molecular weight excluding hydrogens is 241 g/mol. The molecule has 0 radical (unpaired) electrons. The van der Waals surface area contributed by atoms with E-state index in [1.165, 1.54) is 12.1 Å². The topological polar surface area (TPSA) is 91.3 Å². The van der Waals surface area contributed by atoms with Crippen molar-refractivity contribution in [2.75, 3.05) is 5.73 Å². The SMILES string of the molecule is Nc1cccc(Oc2cc(F)ccc2[N+](=O)[O-])n1. The lowest BCUT2D eigenvalue weighted by molar-refractivity contribution is -0.385. The van der Waals surface area contributed by atoms with Gasteiger partial charge in [0.25, 0.3) is 0 Å². The predicted molar refractivity (Wildman–Crippen MR) is 61.8 cm³/mol. The Morgan fingerprint density at radius 1 is 1.33 bits per heavy atom. The Hall–Kier alpha value is -2.70. The molecule has 0 saturated carbocycles. The summed E-state index contributed by atoms with van der Waals surface area (Å²) in [5.74, 6) is -0.604. The van der Waals surface area contributed by atoms with E-state index in [0.717, 1.165) is 18.2 Å². The van der Waals surface area contributed by atoms with Crippen LogP contribution in [0.15, 0.2) is 36.4 Å². The van der Waals surface area contributed by atoms with Gasteiger partial charge in [-0.15, -0.1) is 0 Å². The van der Waals surface area contributed by atoms with Gasteiger partial charge in [-0.25, -0.2) is 4.39 Å². The number of rotatable bonds is 3. The number of benzene rings is 1. The summed E-state index contributed by atoms with van der Waals surface area (Å²) in [5, 5.41) is 10.7. The standard InChI is InChI=1S/C11H8FN3O3/c12-7-4-5-8(15(16)17)9(6-7)18-11-3-1-2-10(13)14-11/h1-6H,(H2,13,14). The van der Waals surface area contributed by atoms with Crippen molar-refractivity contribution >= 4 is 11.5 Å². The summed E-state index contributed by atoms with van der Waals surface area (Å²) in [6.45, 7) is 0. The number of nitro groups is 1. The summed E-state index contributed by atoms with van der Waals surface area (Å²) in [4.78, 5) is 13.9. The number of nitro benzene ring substituents is 1. The van der Waals surface area contributed by atoms with E-state index in [1.807, 2.05) is 0 Å². The Labute approximate surface area is 101 Å². The van der Waals surface area contributed by atoms with Gasteiger partial charge in [0.1, 0.15) is 11.6 Å². The van der Waals surface area contributed by atoms with Crippen molar-refractivity contribution in [3.63, 3.8) is 0 Å². The van der Waals surface area contributed by atoms with Gasteiger partial charge in [0.2, 0.25) is 11.6 Å². The molecule has 0 saturated heterocycles. The molecule has 2 rings (SSSR count). The third kappa shape index (κ3) is 2.51. The van der Waals surface area contributed by atoms with Crippen molar-refractivity contribution in [2.45, 2.75) is 0 Å². The first-order chi connectivity index (χ1) is 8.56. The molecule has 92 valence electrons. The molecule has 1 aromatic heterocycles. The number of ether oxygens (including phenoxy) is 1. The highest BCUT2D eigenvalue weighted by atomic mass is 19.1. The van der Waals surface area contributed by atoms with E-state index in [2.05, 4.69) is 4.98 Å². The summed E-state index contributed by atoms with van der Waals surface area (Å²) in [5.41, 5.74) is 5.09. The Balaban J connectivity index is 2.39. The predicted octanol–water partition coefficient (Wildman–Crippen LogP) is 2.50. The van der Waals surface area contributed by atoms with Crippen LogP contribution in [-0.2, 0) is 0 Å². The van der Waals surface area contributed by atoms with Crippen molar-refractivity contribution in [2.24, 2.45) is 0 Å². The van der Waals surface area contributed by atoms with Crippen molar-refractivity contribution in [1.82, 2.24) is 4.98 Å². The number of hydrogen-bond donors (Lipinski definition) is 1. The van der Waals surface area contributed by atoms with Gasteiger partial charge >= 0.3 is 5.69 Å². The fourth-order valence-electron chi connectivity index (χ4n) is 1.32. The highest BCUT2D eigenvalue weighted by Crippen LogP contribution is 2.31. The van der Waals surface area contributed by atoms with Gasteiger partial charge in [-0.05, 0) is 12.1 Å². The zero-order valence-corrected chi connectivity index (χ0v) is 9.04. The minimum atomic E-state index is -0.666. The Morgan fingerprint density at radius 3 is 2.78 bits per heavy atom. The molecule has 7 heteroatoms. The molecule has 0 atom stereocenters. The number of nitrogens with two attached hydrogens (primary N) is 1. The molecule has 0 unspecified atom stereocenters. The monoisotopic (exact) mass is 249 g/mol. The van der Waals surface area contributed by atoms with Crippen LogP contribution in [0.25, 0.3) is 0 Å². The second-order valence-electron chi connectivity index (χ2n) is 3.37. The Bertz CT molecular complexity index is 604. The molecule has 0 fully saturated rings. The van der Waals surface area contributed by atoms with Gasteiger partial charge in [-0.2, -0.15) is 4.98 Å². The summed E-state index contributed by atoms with van der Waals surface area (Å²) in [6.07, 6.45) is 0. The zero-order valence-electron chi connectivity index (χ0n) is 9.04. The van der Waals surface area contributed by atoms with Crippen molar-refractivity contribution in [3.8, 4) is 11.6 Å². The van der Waals surface area contributed by atoms with Crippen molar-refractivity contribution < 1.29 is 14.1 Å². The average molecular weight is 249 g/mol. The molecule has 6 nitrogen and oxygen atoms in total.